The molecule has 4 heteroatoms. The average Bonchev–Trinajstić information content (AvgIpc) is 1.86. The van der Waals surface area contributed by atoms with E-state index in [1.165, 1.54) is 6.26 Å². The molecule has 11 heavy (non-hydrogen) atoms. The molecule has 0 aliphatic carbocycles. The minimum Gasteiger partial charge on any atom is -0.377 e. The molecule has 2 atom stereocenters. The van der Waals surface area contributed by atoms with Crippen molar-refractivity contribution in [3.63, 3.8) is 0 Å². The average molecular weight is 178 g/mol. The van der Waals surface area contributed by atoms with E-state index in [1.807, 2.05) is 6.92 Å². The second-order valence-corrected chi connectivity index (χ2v) is 5.50. The summed E-state index contributed by atoms with van der Waals surface area (Å²) in [6.07, 6.45) is 3.11. The smallest absolute Gasteiger partial charge is 0.152 e. The summed E-state index contributed by atoms with van der Waals surface area (Å²) in [5, 5.41) is -0.265. The van der Waals surface area contributed by atoms with Gasteiger partial charge in [0.25, 0.3) is 0 Å². The third-order valence-corrected chi connectivity index (χ3v) is 3.65. The first-order valence-corrected chi connectivity index (χ1v) is 5.76. The van der Waals surface area contributed by atoms with Crippen LogP contribution < -0.4 is 0 Å². The van der Waals surface area contributed by atoms with Crippen molar-refractivity contribution in [1.29, 1.82) is 0 Å². The van der Waals surface area contributed by atoms with Crippen LogP contribution in [0.15, 0.2) is 0 Å². The van der Waals surface area contributed by atoms with Gasteiger partial charge in [-0.25, -0.2) is 8.42 Å². The Labute approximate surface area is 67.7 Å². The normalized spacial score (nSPS) is 33.6. The van der Waals surface area contributed by atoms with Crippen LogP contribution in [0.2, 0.25) is 0 Å². The largest absolute Gasteiger partial charge is 0.377 e. The highest BCUT2D eigenvalue weighted by atomic mass is 32.2. The first-order chi connectivity index (χ1) is 5.00. The van der Waals surface area contributed by atoms with Gasteiger partial charge in [0.15, 0.2) is 9.84 Å². The standard InChI is InChI=1S/C7H14O3S/c1-6-3-4-7(5-10-6)11(2,8)9/h6-7H,3-5H2,1-2H3/t6-,7+/m0/s1. The van der Waals surface area contributed by atoms with Gasteiger partial charge in [-0.2, -0.15) is 0 Å². The zero-order chi connectivity index (χ0) is 8.48. The molecule has 66 valence electrons. The van der Waals surface area contributed by atoms with Crippen molar-refractivity contribution in [3.05, 3.63) is 0 Å². The lowest BCUT2D eigenvalue weighted by Crippen LogP contribution is -2.33. The Balaban J connectivity index is 2.53. The molecule has 1 saturated heterocycles. The molecule has 1 aliphatic rings. The van der Waals surface area contributed by atoms with Crippen molar-refractivity contribution in [2.75, 3.05) is 12.9 Å². The Morgan fingerprint density at radius 2 is 2.00 bits per heavy atom. The van der Waals surface area contributed by atoms with Crippen molar-refractivity contribution in [3.8, 4) is 0 Å². The maximum Gasteiger partial charge on any atom is 0.152 e. The van der Waals surface area contributed by atoms with Crippen molar-refractivity contribution < 1.29 is 13.2 Å². The van der Waals surface area contributed by atoms with Crippen LogP contribution in [0.3, 0.4) is 0 Å². The maximum absolute atomic E-state index is 11.0. The van der Waals surface area contributed by atoms with E-state index in [4.69, 9.17) is 4.74 Å². The summed E-state index contributed by atoms with van der Waals surface area (Å²) in [5.74, 6) is 0. The summed E-state index contributed by atoms with van der Waals surface area (Å²) < 4.78 is 27.3. The number of ether oxygens (including phenoxy) is 1. The van der Waals surface area contributed by atoms with Crippen molar-refractivity contribution >= 4 is 9.84 Å². The van der Waals surface area contributed by atoms with Gasteiger partial charge in [-0.15, -0.1) is 0 Å². The minimum atomic E-state index is -2.87. The highest BCUT2D eigenvalue weighted by molar-refractivity contribution is 7.91. The van der Waals surface area contributed by atoms with Crippen LogP contribution in [-0.4, -0.2) is 32.6 Å². The number of rotatable bonds is 1. The van der Waals surface area contributed by atoms with Crippen molar-refractivity contribution in [2.24, 2.45) is 0 Å². The molecule has 0 bridgehead atoms. The Hall–Kier alpha value is -0.0900. The van der Waals surface area contributed by atoms with E-state index in [1.54, 1.807) is 0 Å². The first kappa shape index (κ1) is 9.00. The molecule has 0 radical (unpaired) electrons. The Bertz CT molecular complexity index is 212. The van der Waals surface area contributed by atoms with Gasteiger partial charge in [0.1, 0.15) is 0 Å². The topological polar surface area (TPSA) is 43.4 Å². The molecule has 1 fully saturated rings. The van der Waals surface area contributed by atoms with E-state index in [9.17, 15) is 8.42 Å². The van der Waals surface area contributed by atoms with Crippen LogP contribution in [0, 0.1) is 0 Å². The Kier molecular flexibility index (Phi) is 2.54. The van der Waals surface area contributed by atoms with Gasteiger partial charge < -0.3 is 4.74 Å². The highest BCUT2D eigenvalue weighted by Gasteiger charge is 2.26. The fourth-order valence-corrected chi connectivity index (χ4v) is 2.09. The number of sulfone groups is 1. The monoisotopic (exact) mass is 178 g/mol. The summed E-state index contributed by atoms with van der Waals surface area (Å²) >= 11 is 0. The molecule has 0 aromatic carbocycles. The van der Waals surface area contributed by atoms with Crippen molar-refractivity contribution in [1.82, 2.24) is 0 Å². The molecule has 1 aliphatic heterocycles. The third kappa shape index (κ3) is 2.45. The van der Waals surface area contributed by atoms with Crippen LogP contribution in [0.1, 0.15) is 19.8 Å². The van der Waals surface area contributed by atoms with Crippen molar-refractivity contribution in [2.45, 2.75) is 31.1 Å². The summed E-state index contributed by atoms with van der Waals surface area (Å²) in [6.45, 7) is 2.35. The van der Waals surface area contributed by atoms with Gasteiger partial charge in [0, 0.05) is 6.26 Å². The van der Waals surface area contributed by atoms with Gasteiger partial charge in [-0.1, -0.05) is 0 Å². The lowest BCUT2D eigenvalue weighted by atomic mass is 10.1. The predicted octanol–water partition coefficient (Wildman–Crippen LogP) is 0.599. The van der Waals surface area contributed by atoms with E-state index in [0.29, 0.717) is 6.61 Å². The fourth-order valence-electron chi connectivity index (χ4n) is 1.20. The lowest BCUT2D eigenvalue weighted by Gasteiger charge is -2.25. The van der Waals surface area contributed by atoms with E-state index < -0.39 is 9.84 Å². The quantitative estimate of drug-likeness (QED) is 0.590. The van der Waals surface area contributed by atoms with Gasteiger partial charge in [-0.05, 0) is 19.8 Å². The Morgan fingerprint density at radius 1 is 1.36 bits per heavy atom. The highest BCUT2D eigenvalue weighted by Crippen LogP contribution is 2.17. The first-order valence-electron chi connectivity index (χ1n) is 3.80. The van der Waals surface area contributed by atoms with Gasteiger partial charge in [0.2, 0.25) is 0 Å². The summed E-state index contributed by atoms with van der Waals surface area (Å²) in [4.78, 5) is 0. The Morgan fingerprint density at radius 3 is 2.36 bits per heavy atom. The molecule has 3 nitrogen and oxygen atoms in total. The lowest BCUT2D eigenvalue weighted by molar-refractivity contribution is 0.0308. The number of hydrogen-bond acceptors (Lipinski definition) is 3. The summed E-state index contributed by atoms with van der Waals surface area (Å²) in [6, 6.07) is 0. The van der Waals surface area contributed by atoms with Crippen LogP contribution in [0.25, 0.3) is 0 Å². The summed E-state index contributed by atoms with van der Waals surface area (Å²) in [5.41, 5.74) is 0. The zero-order valence-electron chi connectivity index (χ0n) is 6.91. The van der Waals surface area contributed by atoms with Gasteiger partial charge >= 0.3 is 0 Å². The molecule has 0 saturated carbocycles. The summed E-state index contributed by atoms with van der Waals surface area (Å²) in [7, 11) is -2.87. The second-order valence-electron chi connectivity index (χ2n) is 3.17. The fraction of sp³-hybridized carbons (Fsp3) is 1.00. The molecule has 1 heterocycles. The molecular weight excluding hydrogens is 164 g/mol. The molecule has 1 rings (SSSR count). The van der Waals surface area contributed by atoms with Crippen LogP contribution >= 0.6 is 0 Å². The molecular formula is C7H14O3S. The molecule has 0 N–H and O–H groups in total. The van der Waals surface area contributed by atoms with E-state index in [0.717, 1.165) is 12.8 Å². The van der Waals surface area contributed by atoms with Crippen LogP contribution in [-0.2, 0) is 14.6 Å². The molecule has 0 spiro atoms. The second kappa shape index (κ2) is 3.11. The van der Waals surface area contributed by atoms with E-state index >= 15 is 0 Å². The maximum atomic E-state index is 11.0. The van der Waals surface area contributed by atoms with Gasteiger partial charge in [0.05, 0.1) is 18.0 Å². The van der Waals surface area contributed by atoms with Crippen LogP contribution in [0.4, 0.5) is 0 Å². The van der Waals surface area contributed by atoms with Crippen LogP contribution in [0.5, 0.6) is 0 Å². The zero-order valence-corrected chi connectivity index (χ0v) is 7.73. The number of hydrogen-bond donors (Lipinski definition) is 0. The molecule has 0 aromatic heterocycles. The van der Waals surface area contributed by atoms with Gasteiger partial charge in [-0.3, -0.25) is 0 Å². The minimum absolute atomic E-state index is 0.230. The predicted molar refractivity (Wildman–Crippen MR) is 43.3 cm³/mol. The van der Waals surface area contributed by atoms with E-state index in [2.05, 4.69) is 0 Å². The molecule has 0 amide bonds. The molecule has 0 unspecified atom stereocenters. The molecule has 0 aromatic rings. The van der Waals surface area contributed by atoms with E-state index in [-0.39, 0.29) is 11.4 Å². The third-order valence-electron chi connectivity index (χ3n) is 2.07. The SMILES string of the molecule is C[C@H]1CC[C@@H](S(C)(=O)=O)CO1.